The lowest BCUT2D eigenvalue weighted by atomic mass is 9.61. The maximum Gasteiger partial charge on any atom is 0.309 e. The molecule has 36 heavy (non-hydrogen) atoms. The van der Waals surface area contributed by atoms with E-state index in [2.05, 4.69) is 44.7 Å². The Hall–Kier alpha value is -1.65. The van der Waals surface area contributed by atoms with Crippen molar-refractivity contribution in [3.05, 3.63) is 47.6 Å². The highest BCUT2D eigenvalue weighted by Crippen LogP contribution is 2.59. The summed E-state index contributed by atoms with van der Waals surface area (Å²) < 4.78 is 5.92. The van der Waals surface area contributed by atoms with Crippen molar-refractivity contribution in [2.45, 2.75) is 110 Å². The molecule has 0 aromatic rings. The quantitative estimate of drug-likeness (QED) is 0.290. The Labute approximate surface area is 218 Å². The molecule has 0 aliphatic heterocycles. The third kappa shape index (κ3) is 5.91. The summed E-state index contributed by atoms with van der Waals surface area (Å²) in [6.45, 7) is 12.9. The zero-order chi connectivity index (χ0) is 26.0. The molecular formula is C32H48O4. The molecule has 4 saturated carbocycles. The molecule has 0 radical (unpaired) electrons. The number of carbonyl (C=O) groups is 1. The van der Waals surface area contributed by atoms with Crippen molar-refractivity contribution in [3.8, 4) is 0 Å². The van der Waals surface area contributed by atoms with Gasteiger partial charge in [-0.2, -0.15) is 0 Å². The van der Waals surface area contributed by atoms with Gasteiger partial charge in [0.15, 0.2) is 0 Å². The van der Waals surface area contributed by atoms with E-state index in [1.165, 1.54) is 31.3 Å². The summed E-state index contributed by atoms with van der Waals surface area (Å²) in [6.07, 6.45) is 17.9. The van der Waals surface area contributed by atoms with E-state index in [-0.39, 0.29) is 23.4 Å². The summed E-state index contributed by atoms with van der Waals surface area (Å²) in [6, 6.07) is 0. The van der Waals surface area contributed by atoms with Crippen LogP contribution in [0.4, 0.5) is 0 Å². The standard InChI is InChI=1S/C32H48O4/c1-6-20(2)31(35)36-30(24-11-12-24)16-9-21(3)27-14-15-28-23(8-7-17-32(27,28)5)10-13-25-18-26(33)19-29(34)22(25)4/h9-10,13,16,20-21,24,26-30,33-34H,4,6-8,11-12,14-15,17-19H2,1-3,5H3/t20?,21-,26-,27-,28+,29+,30-,32-/m1/s1. The van der Waals surface area contributed by atoms with Crippen molar-refractivity contribution in [3.63, 3.8) is 0 Å². The number of ether oxygens (including phenoxy) is 1. The van der Waals surface area contributed by atoms with Crippen LogP contribution in [-0.4, -0.2) is 34.5 Å². The van der Waals surface area contributed by atoms with Gasteiger partial charge in [-0.15, -0.1) is 0 Å². The van der Waals surface area contributed by atoms with Crippen molar-refractivity contribution in [2.24, 2.45) is 35.0 Å². The Morgan fingerprint density at radius 3 is 2.61 bits per heavy atom. The number of hydrogen-bond donors (Lipinski definition) is 2. The fourth-order valence-corrected chi connectivity index (χ4v) is 7.16. The normalized spacial score (nSPS) is 37.8. The van der Waals surface area contributed by atoms with E-state index in [4.69, 9.17) is 4.74 Å². The number of carbonyl (C=O) groups excluding carboxylic acids is 1. The van der Waals surface area contributed by atoms with Crippen LogP contribution < -0.4 is 0 Å². The van der Waals surface area contributed by atoms with E-state index < -0.39 is 12.2 Å². The van der Waals surface area contributed by atoms with Crippen LogP contribution in [0, 0.1) is 35.0 Å². The molecule has 0 spiro atoms. The van der Waals surface area contributed by atoms with Crippen molar-refractivity contribution in [1.29, 1.82) is 0 Å². The molecule has 8 atom stereocenters. The van der Waals surface area contributed by atoms with E-state index in [0.29, 0.717) is 36.5 Å². The fraction of sp³-hybridized carbons (Fsp3) is 0.719. The van der Waals surface area contributed by atoms with Crippen LogP contribution in [-0.2, 0) is 9.53 Å². The molecule has 200 valence electrons. The lowest BCUT2D eigenvalue weighted by Crippen LogP contribution is -2.35. The largest absolute Gasteiger partial charge is 0.458 e. The average molecular weight is 497 g/mol. The highest BCUT2D eigenvalue weighted by molar-refractivity contribution is 5.72. The molecule has 1 unspecified atom stereocenters. The lowest BCUT2D eigenvalue weighted by Gasteiger charge is -2.44. The molecule has 0 aromatic carbocycles. The number of aliphatic hydroxyl groups is 2. The first-order chi connectivity index (χ1) is 17.1. The molecule has 0 heterocycles. The molecule has 4 heteroatoms. The third-order valence-corrected chi connectivity index (χ3v) is 9.89. The fourth-order valence-electron chi connectivity index (χ4n) is 7.16. The molecule has 0 saturated heterocycles. The van der Waals surface area contributed by atoms with Gasteiger partial charge >= 0.3 is 5.97 Å². The van der Waals surface area contributed by atoms with Gasteiger partial charge < -0.3 is 14.9 Å². The predicted octanol–water partition coefficient (Wildman–Crippen LogP) is 6.69. The summed E-state index contributed by atoms with van der Waals surface area (Å²) >= 11 is 0. The van der Waals surface area contributed by atoms with Crippen molar-refractivity contribution >= 4 is 5.97 Å². The summed E-state index contributed by atoms with van der Waals surface area (Å²) in [4.78, 5) is 12.4. The summed E-state index contributed by atoms with van der Waals surface area (Å²) in [5.41, 5.74) is 3.55. The number of fused-ring (bicyclic) bond motifs is 1. The summed E-state index contributed by atoms with van der Waals surface area (Å²) in [5.74, 6) is 2.05. The van der Waals surface area contributed by atoms with Crippen LogP contribution in [0.1, 0.15) is 91.9 Å². The molecule has 4 aliphatic carbocycles. The minimum absolute atomic E-state index is 0.0358. The van der Waals surface area contributed by atoms with Gasteiger partial charge in [0.25, 0.3) is 0 Å². The van der Waals surface area contributed by atoms with E-state index in [9.17, 15) is 15.0 Å². The van der Waals surface area contributed by atoms with Gasteiger partial charge in [-0.05, 0) is 104 Å². The zero-order valence-electron chi connectivity index (χ0n) is 22.9. The Bertz CT molecular complexity index is 909. The van der Waals surface area contributed by atoms with Crippen molar-refractivity contribution < 1.29 is 19.7 Å². The SMILES string of the molecule is C=C1C(=CC=C2CCC[C@]3(C)[C@@H]([C@H](C)C=C[C@@H](OC(=O)C(C)CC)C4CC4)CC[C@@H]23)C[C@@H](O)C[C@@H]1O. The number of rotatable bonds is 8. The van der Waals surface area contributed by atoms with E-state index in [1.807, 2.05) is 13.8 Å². The Kier molecular flexibility index (Phi) is 8.67. The van der Waals surface area contributed by atoms with Crippen LogP contribution in [0.2, 0.25) is 0 Å². The molecule has 4 fully saturated rings. The Balaban J connectivity index is 1.45. The second-order valence-electron chi connectivity index (χ2n) is 12.5. The van der Waals surface area contributed by atoms with Gasteiger partial charge in [0.2, 0.25) is 0 Å². The lowest BCUT2D eigenvalue weighted by molar-refractivity contribution is -0.152. The first kappa shape index (κ1) is 27.4. The molecule has 4 aliphatic rings. The average Bonchev–Trinajstić information content (AvgIpc) is 3.63. The second-order valence-corrected chi connectivity index (χ2v) is 12.5. The van der Waals surface area contributed by atoms with Gasteiger partial charge in [0.1, 0.15) is 6.10 Å². The maximum absolute atomic E-state index is 12.4. The molecule has 4 nitrogen and oxygen atoms in total. The van der Waals surface area contributed by atoms with Gasteiger partial charge in [0.05, 0.1) is 18.1 Å². The molecule has 0 bridgehead atoms. The Morgan fingerprint density at radius 1 is 1.17 bits per heavy atom. The van der Waals surface area contributed by atoms with Crippen LogP contribution in [0.25, 0.3) is 0 Å². The summed E-state index contributed by atoms with van der Waals surface area (Å²) in [7, 11) is 0. The van der Waals surface area contributed by atoms with Crippen molar-refractivity contribution in [2.75, 3.05) is 0 Å². The number of allylic oxidation sites excluding steroid dienone is 4. The maximum atomic E-state index is 12.4. The zero-order valence-corrected chi connectivity index (χ0v) is 22.9. The summed E-state index contributed by atoms with van der Waals surface area (Å²) in [5, 5.41) is 20.3. The van der Waals surface area contributed by atoms with Gasteiger partial charge in [0, 0.05) is 6.42 Å². The monoisotopic (exact) mass is 496 g/mol. The van der Waals surface area contributed by atoms with Crippen LogP contribution in [0.5, 0.6) is 0 Å². The van der Waals surface area contributed by atoms with Crippen LogP contribution in [0.3, 0.4) is 0 Å². The van der Waals surface area contributed by atoms with E-state index in [0.717, 1.165) is 36.8 Å². The Morgan fingerprint density at radius 2 is 1.92 bits per heavy atom. The highest BCUT2D eigenvalue weighted by atomic mass is 16.5. The third-order valence-electron chi connectivity index (χ3n) is 9.89. The molecule has 0 amide bonds. The topological polar surface area (TPSA) is 66.8 Å². The molecule has 0 aromatic heterocycles. The smallest absolute Gasteiger partial charge is 0.309 e. The minimum atomic E-state index is -0.637. The minimum Gasteiger partial charge on any atom is -0.458 e. The molecular weight excluding hydrogens is 448 g/mol. The van der Waals surface area contributed by atoms with Gasteiger partial charge in [-0.3, -0.25) is 4.79 Å². The van der Waals surface area contributed by atoms with Gasteiger partial charge in [-0.1, -0.05) is 58.1 Å². The number of hydrogen-bond acceptors (Lipinski definition) is 4. The van der Waals surface area contributed by atoms with E-state index >= 15 is 0 Å². The van der Waals surface area contributed by atoms with Gasteiger partial charge in [-0.25, -0.2) is 0 Å². The molecule has 2 N–H and O–H groups in total. The van der Waals surface area contributed by atoms with Crippen LogP contribution >= 0.6 is 0 Å². The first-order valence-corrected chi connectivity index (χ1v) is 14.5. The van der Waals surface area contributed by atoms with E-state index in [1.54, 1.807) is 0 Å². The highest BCUT2D eigenvalue weighted by Gasteiger charge is 2.50. The van der Waals surface area contributed by atoms with Crippen molar-refractivity contribution in [1.82, 2.24) is 0 Å². The first-order valence-electron chi connectivity index (χ1n) is 14.5. The van der Waals surface area contributed by atoms with Crippen LogP contribution in [0.15, 0.2) is 47.6 Å². The number of esters is 1. The second kappa shape index (κ2) is 11.4. The molecule has 4 rings (SSSR count). The predicted molar refractivity (Wildman–Crippen MR) is 145 cm³/mol. The number of aliphatic hydroxyl groups excluding tert-OH is 2.